The average molecular weight is 391 g/mol. The molecule has 0 atom stereocenters. The van der Waals surface area contributed by atoms with Crippen molar-refractivity contribution in [1.29, 1.82) is 0 Å². The molecule has 0 amide bonds. The number of carbonyl (C=O) groups is 1. The SMILES string of the molecule is Cc1oc(-c2ccccc2)nc1COc1cccc2c1cnn2CCCC(=O)O. The first-order valence-corrected chi connectivity index (χ1v) is 9.42. The van der Waals surface area contributed by atoms with Crippen LogP contribution in [0.5, 0.6) is 5.75 Å². The minimum atomic E-state index is -0.802. The lowest BCUT2D eigenvalue weighted by atomic mass is 10.2. The van der Waals surface area contributed by atoms with Gasteiger partial charge in [0, 0.05) is 18.5 Å². The van der Waals surface area contributed by atoms with Crippen LogP contribution < -0.4 is 4.74 Å². The molecule has 0 aliphatic carbocycles. The largest absolute Gasteiger partial charge is 0.486 e. The average Bonchev–Trinajstić information content (AvgIpc) is 3.31. The van der Waals surface area contributed by atoms with Crippen LogP contribution in [0.15, 0.2) is 59.1 Å². The summed E-state index contributed by atoms with van der Waals surface area (Å²) in [5.41, 5.74) is 2.58. The quantitative estimate of drug-likeness (QED) is 0.477. The number of benzene rings is 2. The van der Waals surface area contributed by atoms with E-state index in [2.05, 4.69) is 10.1 Å². The first-order chi connectivity index (χ1) is 14.1. The van der Waals surface area contributed by atoms with E-state index in [9.17, 15) is 4.79 Å². The van der Waals surface area contributed by atoms with Gasteiger partial charge in [0.05, 0.1) is 17.1 Å². The second-order valence-electron chi connectivity index (χ2n) is 6.73. The Kier molecular flexibility index (Phi) is 5.29. The zero-order valence-electron chi connectivity index (χ0n) is 16.0. The normalized spacial score (nSPS) is 11.1. The number of aryl methyl sites for hydroxylation is 2. The van der Waals surface area contributed by atoms with E-state index in [-0.39, 0.29) is 13.0 Å². The Labute approximate surface area is 167 Å². The fraction of sp³-hybridized carbons (Fsp3) is 0.227. The molecule has 7 nitrogen and oxygen atoms in total. The van der Waals surface area contributed by atoms with Crippen LogP contribution in [0.3, 0.4) is 0 Å². The Morgan fingerprint density at radius 3 is 2.79 bits per heavy atom. The fourth-order valence-corrected chi connectivity index (χ4v) is 3.17. The number of oxazole rings is 1. The number of ether oxygens (including phenoxy) is 1. The molecule has 0 spiro atoms. The van der Waals surface area contributed by atoms with Crippen molar-refractivity contribution in [1.82, 2.24) is 14.8 Å². The van der Waals surface area contributed by atoms with Gasteiger partial charge in [0.15, 0.2) is 0 Å². The maximum Gasteiger partial charge on any atom is 0.303 e. The fourth-order valence-electron chi connectivity index (χ4n) is 3.17. The van der Waals surface area contributed by atoms with Crippen molar-refractivity contribution in [2.75, 3.05) is 0 Å². The van der Waals surface area contributed by atoms with Crippen molar-refractivity contribution >= 4 is 16.9 Å². The van der Waals surface area contributed by atoms with Crippen molar-refractivity contribution in [3.8, 4) is 17.2 Å². The number of carboxylic acid groups (broad SMARTS) is 1. The van der Waals surface area contributed by atoms with Gasteiger partial charge in [-0.1, -0.05) is 24.3 Å². The van der Waals surface area contributed by atoms with Gasteiger partial charge < -0.3 is 14.3 Å². The van der Waals surface area contributed by atoms with Gasteiger partial charge in [-0.25, -0.2) is 4.98 Å². The van der Waals surface area contributed by atoms with E-state index >= 15 is 0 Å². The third-order valence-corrected chi connectivity index (χ3v) is 4.69. The maximum absolute atomic E-state index is 10.7. The van der Waals surface area contributed by atoms with E-state index in [0.29, 0.717) is 24.6 Å². The van der Waals surface area contributed by atoms with Gasteiger partial charge in [-0.3, -0.25) is 9.48 Å². The van der Waals surface area contributed by atoms with Crippen LogP contribution in [-0.4, -0.2) is 25.8 Å². The molecular weight excluding hydrogens is 370 g/mol. The number of nitrogens with zero attached hydrogens (tertiary/aromatic N) is 3. The molecule has 4 aromatic rings. The Balaban J connectivity index is 1.50. The van der Waals surface area contributed by atoms with Crippen molar-refractivity contribution in [2.45, 2.75) is 32.9 Å². The summed E-state index contributed by atoms with van der Waals surface area (Å²) >= 11 is 0. The number of carboxylic acids is 1. The molecule has 0 fully saturated rings. The monoisotopic (exact) mass is 391 g/mol. The molecule has 0 aliphatic heterocycles. The molecule has 0 aliphatic rings. The lowest BCUT2D eigenvalue weighted by Gasteiger charge is -2.07. The molecule has 0 bridgehead atoms. The van der Waals surface area contributed by atoms with Gasteiger partial charge >= 0.3 is 5.97 Å². The van der Waals surface area contributed by atoms with Crippen LogP contribution >= 0.6 is 0 Å². The van der Waals surface area contributed by atoms with Gasteiger partial charge in [0.1, 0.15) is 23.8 Å². The topological polar surface area (TPSA) is 90.4 Å². The predicted molar refractivity (Wildman–Crippen MR) is 108 cm³/mol. The summed E-state index contributed by atoms with van der Waals surface area (Å²) in [7, 11) is 0. The summed E-state index contributed by atoms with van der Waals surface area (Å²) < 4.78 is 13.6. The summed E-state index contributed by atoms with van der Waals surface area (Å²) in [4.78, 5) is 15.3. The van der Waals surface area contributed by atoms with Crippen LogP contribution in [0.4, 0.5) is 0 Å². The molecule has 29 heavy (non-hydrogen) atoms. The Morgan fingerprint density at radius 2 is 2.00 bits per heavy atom. The van der Waals surface area contributed by atoms with Crippen LogP contribution in [0.1, 0.15) is 24.3 Å². The summed E-state index contributed by atoms with van der Waals surface area (Å²) in [5.74, 6) is 1.20. The van der Waals surface area contributed by atoms with Crippen molar-refractivity contribution in [2.24, 2.45) is 0 Å². The zero-order valence-corrected chi connectivity index (χ0v) is 16.0. The molecule has 4 rings (SSSR count). The first kappa shape index (κ1) is 18.7. The van der Waals surface area contributed by atoms with E-state index in [1.54, 1.807) is 10.9 Å². The first-order valence-electron chi connectivity index (χ1n) is 9.42. The molecule has 0 saturated carbocycles. The van der Waals surface area contributed by atoms with Gasteiger partial charge in [0.2, 0.25) is 5.89 Å². The van der Waals surface area contributed by atoms with Gasteiger partial charge in [-0.15, -0.1) is 0 Å². The van der Waals surface area contributed by atoms with E-state index in [1.165, 1.54) is 0 Å². The second-order valence-corrected chi connectivity index (χ2v) is 6.73. The molecule has 2 heterocycles. The standard InChI is InChI=1S/C22H21N3O4/c1-15-18(24-22(29-15)16-7-3-2-4-8-16)14-28-20-10-5-9-19-17(20)13-23-25(19)12-6-11-21(26)27/h2-5,7-10,13H,6,11-12,14H2,1H3,(H,26,27). The molecular formula is C22H21N3O4. The van der Waals surface area contributed by atoms with E-state index in [0.717, 1.165) is 27.9 Å². The van der Waals surface area contributed by atoms with Gasteiger partial charge in [0.25, 0.3) is 0 Å². The van der Waals surface area contributed by atoms with E-state index in [1.807, 2.05) is 55.5 Å². The highest BCUT2D eigenvalue weighted by Crippen LogP contribution is 2.27. The smallest absolute Gasteiger partial charge is 0.303 e. The van der Waals surface area contributed by atoms with Gasteiger partial charge in [-0.05, 0) is 37.6 Å². The predicted octanol–water partition coefficient (Wildman–Crippen LogP) is 4.44. The molecule has 0 saturated heterocycles. The third-order valence-electron chi connectivity index (χ3n) is 4.69. The second kappa shape index (κ2) is 8.18. The molecule has 0 unspecified atom stereocenters. The maximum atomic E-state index is 10.7. The number of hydrogen-bond acceptors (Lipinski definition) is 5. The number of fused-ring (bicyclic) bond motifs is 1. The molecule has 2 aromatic heterocycles. The molecule has 1 N–H and O–H groups in total. The van der Waals surface area contributed by atoms with E-state index < -0.39 is 5.97 Å². The number of hydrogen-bond donors (Lipinski definition) is 1. The highest BCUT2D eigenvalue weighted by atomic mass is 16.5. The van der Waals surface area contributed by atoms with Crippen LogP contribution in [0.25, 0.3) is 22.4 Å². The Hall–Kier alpha value is -3.61. The van der Waals surface area contributed by atoms with E-state index in [4.69, 9.17) is 14.3 Å². The van der Waals surface area contributed by atoms with Crippen LogP contribution in [0.2, 0.25) is 0 Å². The minimum absolute atomic E-state index is 0.118. The number of aliphatic carboxylic acids is 1. The zero-order chi connectivity index (χ0) is 20.2. The molecule has 148 valence electrons. The summed E-state index contributed by atoms with van der Waals surface area (Å²) in [6, 6.07) is 15.5. The van der Waals surface area contributed by atoms with Crippen molar-refractivity contribution in [3.05, 3.63) is 66.2 Å². The summed E-state index contributed by atoms with van der Waals surface area (Å²) in [6.45, 7) is 2.70. The lowest BCUT2D eigenvalue weighted by Crippen LogP contribution is -2.03. The third kappa shape index (κ3) is 4.13. The number of rotatable bonds is 8. The summed E-state index contributed by atoms with van der Waals surface area (Å²) in [6.07, 6.45) is 2.39. The highest BCUT2D eigenvalue weighted by Gasteiger charge is 2.14. The van der Waals surface area contributed by atoms with Crippen molar-refractivity contribution < 1.29 is 19.1 Å². The Bertz CT molecular complexity index is 1130. The number of aromatic nitrogens is 3. The van der Waals surface area contributed by atoms with Crippen LogP contribution in [-0.2, 0) is 17.9 Å². The summed E-state index contributed by atoms with van der Waals surface area (Å²) in [5, 5.41) is 14.1. The molecule has 7 heteroatoms. The molecule has 2 aromatic carbocycles. The van der Waals surface area contributed by atoms with Crippen molar-refractivity contribution in [3.63, 3.8) is 0 Å². The molecule has 0 radical (unpaired) electrons. The minimum Gasteiger partial charge on any atom is -0.486 e. The van der Waals surface area contributed by atoms with Crippen LogP contribution in [0, 0.1) is 6.92 Å². The Morgan fingerprint density at radius 1 is 1.17 bits per heavy atom. The lowest BCUT2D eigenvalue weighted by molar-refractivity contribution is -0.137. The highest BCUT2D eigenvalue weighted by molar-refractivity contribution is 5.85. The van der Waals surface area contributed by atoms with Gasteiger partial charge in [-0.2, -0.15) is 5.10 Å².